The number of amides is 2. The first-order valence-corrected chi connectivity index (χ1v) is 10.4. The van der Waals surface area contributed by atoms with E-state index in [1.807, 2.05) is 43.3 Å². The number of nitrogens with one attached hydrogen (secondary N) is 3. The van der Waals surface area contributed by atoms with Crippen molar-refractivity contribution in [2.45, 2.75) is 51.0 Å². The van der Waals surface area contributed by atoms with Gasteiger partial charge < -0.3 is 16.0 Å². The van der Waals surface area contributed by atoms with E-state index in [-0.39, 0.29) is 18.4 Å². The van der Waals surface area contributed by atoms with Crippen molar-refractivity contribution < 1.29 is 9.59 Å². The van der Waals surface area contributed by atoms with Crippen LogP contribution in [0.15, 0.2) is 48.5 Å². The van der Waals surface area contributed by atoms with Crippen molar-refractivity contribution in [3.8, 4) is 6.07 Å². The minimum atomic E-state index is -0.754. The molecule has 30 heavy (non-hydrogen) atoms. The maximum Gasteiger partial charge on any atom is 0.255 e. The lowest BCUT2D eigenvalue weighted by molar-refractivity contribution is -0.120. The Morgan fingerprint density at radius 1 is 1.03 bits per heavy atom. The van der Waals surface area contributed by atoms with Crippen LogP contribution >= 0.6 is 0 Å². The number of nitriles is 1. The van der Waals surface area contributed by atoms with E-state index in [2.05, 4.69) is 22.0 Å². The zero-order valence-electron chi connectivity index (χ0n) is 17.3. The van der Waals surface area contributed by atoms with E-state index in [4.69, 9.17) is 0 Å². The second-order valence-corrected chi connectivity index (χ2v) is 7.86. The maximum absolute atomic E-state index is 12.5. The van der Waals surface area contributed by atoms with Crippen LogP contribution < -0.4 is 16.0 Å². The van der Waals surface area contributed by atoms with Crippen LogP contribution in [0.5, 0.6) is 0 Å². The number of aryl methyl sites for hydroxylation is 1. The van der Waals surface area contributed by atoms with Crippen LogP contribution in [0.25, 0.3) is 0 Å². The summed E-state index contributed by atoms with van der Waals surface area (Å²) in [6, 6.07) is 16.9. The molecular weight excluding hydrogens is 376 g/mol. The van der Waals surface area contributed by atoms with E-state index >= 15 is 0 Å². The van der Waals surface area contributed by atoms with Gasteiger partial charge in [-0.25, -0.2) is 0 Å². The zero-order chi connectivity index (χ0) is 21.4. The van der Waals surface area contributed by atoms with Crippen molar-refractivity contribution in [1.82, 2.24) is 5.32 Å². The number of carbonyl (C=O) groups excluding carboxylic acids is 2. The lowest BCUT2D eigenvalue weighted by Gasteiger charge is -2.26. The molecule has 6 heteroatoms. The summed E-state index contributed by atoms with van der Waals surface area (Å²) in [7, 11) is 0. The van der Waals surface area contributed by atoms with Crippen molar-refractivity contribution in [3.05, 3.63) is 59.7 Å². The molecule has 3 rings (SSSR count). The lowest BCUT2D eigenvalue weighted by atomic mass is 9.92. The molecule has 0 bridgehead atoms. The average molecular weight is 405 g/mol. The summed E-state index contributed by atoms with van der Waals surface area (Å²) in [5, 5.41) is 18.6. The molecule has 0 spiro atoms. The number of hydrogen-bond donors (Lipinski definition) is 3. The largest absolute Gasteiger partial charge is 0.376 e. The lowest BCUT2D eigenvalue weighted by Crippen LogP contribution is -2.49. The molecule has 3 N–H and O–H groups in total. The highest BCUT2D eigenvalue weighted by Gasteiger charge is 2.32. The van der Waals surface area contributed by atoms with Crippen molar-refractivity contribution in [1.29, 1.82) is 5.26 Å². The van der Waals surface area contributed by atoms with Crippen molar-refractivity contribution in [3.63, 3.8) is 0 Å². The quantitative estimate of drug-likeness (QED) is 0.622. The standard InChI is InChI=1S/C24H28N4O2/c1-18-11-12-20(27-23(30)19-9-5-4-6-10-19)15-21(18)26-16-22(29)28-24(17-25)13-7-2-3-8-14-24/h4-6,9-12,15,26H,2-3,7-8,13-14,16H2,1H3,(H,27,30)(H,28,29). The van der Waals surface area contributed by atoms with Gasteiger partial charge in [-0.3, -0.25) is 9.59 Å². The Morgan fingerprint density at radius 3 is 2.40 bits per heavy atom. The Labute approximate surface area is 177 Å². The molecular formula is C24H28N4O2. The van der Waals surface area contributed by atoms with Gasteiger partial charge in [0.2, 0.25) is 5.91 Å². The molecule has 0 aliphatic heterocycles. The minimum absolute atomic E-state index is 0.0698. The highest BCUT2D eigenvalue weighted by molar-refractivity contribution is 6.04. The van der Waals surface area contributed by atoms with Gasteiger partial charge in [-0.15, -0.1) is 0 Å². The third-order valence-electron chi connectivity index (χ3n) is 5.52. The summed E-state index contributed by atoms with van der Waals surface area (Å²) < 4.78 is 0. The van der Waals surface area contributed by atoms with Gasteiger partial charge in [0.1, 0.15) is 5.54 Å². The Balaban J connectivity index is 1.61. The van der Waals surface area contributed by atoms with Gasteiger partial charge in [0.05, 0.1) is 12.6 Å². The fourth-order valence-electron chi connectivity index (χ4n) is 3.77. The van der Waals surface area contributed by atoms with Crippen LogP contribution in [0.3, 0.4) is 0 Å². The first kappa shape index (κ1) is 21.4. The fraction of sp³-hybridized carbons (Fsp3) is 0.375. The Morgan fingerprint density at radius 2 is 1.73 bits per heavy atom. The number of benzene rings is 2. The molecule has 6 nitrogen and oxygen atoms in total. The fourth-order valence-corrected chi connectivity index (χ4v) is 3.77. The summed E-state index contributed by atoms with van der Waals surface area (Å²) in [6.45, 7) is 2.01. The zero-order valence-corrected chi connectivity index (χ0v) is 17.3. The van der Waals surface area contributed by atoms with Gasteiger partial charge in [-0.1, -0.05) is 49.9 Å². The second-order valence-electron chi connectivity index (χ2n) is 7.86. The highest BCUT2D eigenvalue weighted by Crippen LogP contribution is 2.26. The monoisotopic (exact) mass is 404 g/mol. The highest BCUT2D eigenvalue weighted by atomic mass is 16.2. The molecule has 156 valence electrons. The summed E-state index contributed by atoms with van der Waals surface area (Å²) >= 11 is 0. The number of hydrogen-bond acceptors (Lipinski definition) is 4. The van der Waals surface area contributed by atoms with Crippen LogP contribution in [0.4, 0.5) is 11.4 Å². The first-order valence-electron chi connectivity index (χ1n) is 10.4. The predicted octanol–water partition coefficient (Wildman–Crippen LogP) is 4.39. The van der Waals surface area contributed by atoms with E-state index in [9.17, 15) is 14.9 Å². The average Bonchev–Trinajstić information content (AvgIpc) is 3.00. The van der Waals surface area contributed by atoms with Gasteiger partial charge in [0, 0.05) is 16.9 Å². The van der Waals surface area contributed by atoms with E-state index in [0.29, 0.717) is 24.1 Å². The van der Waals surface area contributed by atoms with Crippen molar-refractivity contribution in [2.24, 2.45) is 0 Å². The molecule has 2 amide bonds. The summed E-state index contributed by atoms with van der Waals surface area (Å²) in [5.41, 5.74) is 2.20. The number of rotatable bonds is 6. The van der Waals surface area contributed by atoms with Gasteiger partial charge in [0.25, 0.3) is 5.91 Å². The maximum atomic E-state index is 12.5. The molecule has 1 aliphatic carbocycles. The number of carbonyl (C=O) groups is 2. The molecule has 0 radical (unpaired) electrons. The van der Waals surface area contributed by atoms with E-state index in [1.54, 1.807) is 12.1 Å². The van der Waals surface area contributed by atoms with E-state index in [1.165, 1.54) is 0 Å². The van der Waals surface area contributed by atoms with Gasteiger partial charge >= 0.3 is 0 Å². The van der Waals surface area contributed by atoms with Gasteiger partial charge in [0.15, 0.2) is 0 Å². The van der Waals surface area contributed by atoms with Crippen LogP contribution in [0, 0.1) is 18.3 Å². The number of nitrogens with zero attached hydrogens (tertiary/aromatic N) is 1. The third-order valence-corrected chi connectivity index (χ3v) is 5.52. The third kappa shape index (κ3) is 5.60. The minimum Gasteiger partial charge on any atom is -0.376 e. The topological polar surface area (TPSA) is 94.0 Å². The van der Waals surface area contributed by atoms with Gasteiger partial charge in [-0.05, 0) is 49.6 Å². The molecule has 0 unspecified atom stereocenters. The summed E-state index contributed by atoms with van der Waals surface area (Å²) in [5.74, 6) is -0.385. The smallest absolute Gasteiger partial charge is 0.255 e. The van der Waals surface area contributed by atoms with Crippen LogP contribution in [0.1, 0.15) is 54.4 Å². The molecule has 0 aromatic heterocycles. The Kier molecular flexibility index (Phi) is 7.08. The molecule has 2 aromatic rings. The molecule has 0 atom stereocenters. The van der Waals surface area contributed by atoms with Gasteiger partial charge in [-0.2, -0.15) is 5.26 Å². The van der Waals surface area contributed by atoms with E-state index < -0.39 is 5.54 Å². The van der Waals surface area contributed by atoms with Crippen LogP contribution in [-0.2, 0) is 4.79 Å². The molecule has 1 saturated carbocycles. The summed E-state index contributed by atoms with van der Waals surface area (Å²) in [6.07, 6.45) is 5.55. The summed E-state index contributed by atoms with van der Waals surface area (Å²) in [4.78, 5) is 24.9. The van der Waals surface area contributed by atoms with Crippen LogP contribution in [0.2, 0.25) is 0 Å². The molecule has 0 saturated heterocycles. The SMILES string of the molecule is Cc1ccc(NC(=O)c2ccccc2)cc1NCC(=O)NC1(C#N)CCCCCC1. The molecule has 1 fully saturated rings. The van der Waals surface area contributed by atoms with E-state index in [0.717, 1.165) is 36.9 Å². The normalized spacial score (nSPS) is 15.3. The second kappa shape index (κ2) is 9.93. The first-order chi connectivity index (χ1) is 14.5. The number of anilines is 2. The van der Waals surface area contributed by atoms with Crippen molar-refractivity contribution >= 4 is 23.2 Å². The van der Waals surface area contributed by atoms with Crippen LogP contribution in [-0.4, -0.2) is 23.9 Å². The Hall–Kier alpha value is -3.33. The molecule has 0 heterocycles. The molecule has 1 aliphatic rings. The molecule has 2 aromatic carbocycles. The predicted molar refractivity (Wildman–Crippen MR) is 118 cm³/mol. The Bertz CT molecular complexity index is 926. The van der Waals surface area contributed by atoms with Crippen molar-refractivity contribution in [2.75, 3.05) is 17.2 Å².